The first kappa shape index (κ1) is 31.7. The van der Waals surface area contributed by atoms with E-state index in [0.717, 1.165) is 11.4 Å². The van der Waals surface area contributed by atoms with Crippen molar-refractivity contribution >= 4 is 65.4 Å². The van der Waals surface area contributed by atoms with Crippen LogP contribution in [0.3, 0.4) is 0 Å². The lowest BCUT2D eigenvalue weighted by molar-refractivity contribution is 0.590. The fraction of sp³-hybridized carbons (Fsp3) is 0.0769. The average molecular weight is 706 g/mol. The topological polar surface area (TPSA) is 14.8 Å². The van der Waals surface area contributed by atoms with Crippen molar-refractivity contribution < 1.29 is 0 Å². The van der Waals surface area contributed by atoms with Gasteiger partial charge < -0.3 is 13.7 Å². The third-order valence-corrected chi connectivity index (χ3v) is 11.6. The van der Waals surface area contributed by atoms with Gasteiger partial charge in [0.1, 0.15) is 0 Å². The summed E-state index contributed by atoms with van der Waals surface area (Å²) in [6, 6.07) is 67.0. The Balaban J connectivity index is 1.13. The first-order valence-electron chi connectivity index (χ1n) is 19.2. The first-order chi connectivity index (χ1) is 26.9. The quantitative estimate of drug-likeness (QED) is 0.173. The van der Waals surface area contributed by atoms with Crippen LogP contribution in [0.2, 0.25) is 0 Å². The summed E-state index contributed by atoms with van der Waals surface area (Å²) in [6.07, 6.45) is 0. The fourth-order valence-corrected chi connectivity index (χ4v) is 8.93. The zero-order valence-corrected chi connectivity index (χ0v) is 31.2. The molecule has 0 saturated heterocycles. The Hall–Kier alpha value is -6.84. The summed E-state index contributed by atoms with van der Waals surface area (Å²) >= 11 is 0. The molecule has 8 aromatic carbocycles. The number of hydrogen-bond acceptors (Lipinski definition) is 0. The molecule has 0 amide bonds. The molecule has 0 fully saturated rings. The number of rotatable bonds is 4. The highest BCUT2D eigenvalue weighted by atomic mass is 15.0. The standard InChI is InChI=1S/C52H39N3/c1-52(2,3)36-26-24-34(25-27-36)35-14-13-17-38(30-35)54-47-22-11-7-18-40(47)43-31-39(28-29-49(43)54)55-48-23-12-9-20-42(48)45-32-50-44(33-51(45)55)41-19-8-10-21-46(41)53(50)37-15-5-4-6-16-37/h4-33H,1-3H3. The number of hydrogen-bond donors (Lipinski definition) is 0. The molecular weight excluding hydrogens is 667 g/mol. The van der Waals surface area contributed by atoms with Crippen LogP contribution in [-0.4, -0.2) is 13.7 Å². The number of nitrogens with zero attached hydrogens (tertiary/aromatic N) is 3. The average Bonchev–Trinajstić information content (AvgIpc) is 3.85. The predicted molar refractivity (Wildman–Crippen MR) is 234 cm³/mol. The van der Waals surface area contributed by atoms with Crippen molar-refractivity contribution in [1.29, 1.82) is 0 Å². The maximum Gasteiger partial charge on any atom is 0.0548 e. The lowest BCUT2D eigenvalue weighted by atomic mass is 9.86. The molecule has 11 rings (SSSR count). The van der Waals surface area contributed by atoms with Crippen molar-refractivity contribution in [3.63, 3.8) is 0 Å². The van der Waals surface area contributed by atoms with Gasteiger partial charge in [-0.25, -0.2) is 0 Å². The zero-order valence-electron chi connectivity index (χ0n) is 31.2. The number of benzene rings is 8. The van der Waals surface area contributed by atoms with Gasteiger partial charge in [0, 0.05) is 49.4 Å². The molecule has 0 aliphatic heterocycles. The van der Waals surface area contributed by atoms with Gasteiger partial charge in [-0.2, -0.15) is 0 Å². The van der Waals surface area contributed by atoms with Crippen LogP contribution in [-0.2, 0) is 5.41 Å². The highest BCUT2D eigenvalue weighted by molar-refractivity contribution is 6.19. The SMILES string of the molecule is CC(C)(C)c1ccc(-c2cccc(-n3c4ccccc4c4cc(-n5c6ccccc6c6cc7c(cc65)c5ccccc5n7-c5ccccc5)ccc43)c2)cc1. The van der Waals surface area contributed by atoms with E-state index in [-0.39, 0.29) is 5.41 Å². The Labute approximate surface area is 319 Å². The van der Waals surface area contributed by atoms with Crippen LogP contribution in [0.5, 0.6) is 0 Å². The molecule has 0 aliphatic rings. The van der Waals surface area contributed by atoms with E-state index in [1.165, 1.54) is 87.8 Å². The first-order valence-corrected chi connectivity index (χ1v) is 19.2. The Morgan fingerprint density at radius 3 is 1.33 bits per heavy atom. The van der Waals surface area contributed by atoms with Crippen molar-refractivity contribution in [1.82, 2.24) is 13.7 Å². The second kappa shape index (κ2) is 11.8. The van der Waals surface area contributed by atoms with E-state index < -0.39 is 0 Å². The van der Waals surface area contributed by atoms with Gasteiger partial charge in [-0.3, -0.25) is 0 Å². The summed E-state index contributed by atoms with van der Waals surface area (Å²) in [5.41, 5.74) is 14.6. The maximum atomic E-state index is 2.46. The molecule has 0 bridgehead atoms. The second-order valence-electron chi connectivity index (χ2n) is 15.9. The van der Waals surface area contributed by atoms with Crippen LogP contribution in [0.15, 0.2) is 182 Å². The molecule has 3 heterocycles. The van der Waals surface area contributed by atoms with Crippen LogP contribution in [0, 0.1) is 0 Å². The lowest BCUT2D eigenvalue weighted by Crippen LogP contribution is -2.10. The highest BCUT2D eigenvalue weighted by Gasteiger charge is 2.20. The zero-order chi connectivity index (χ0) is 36.8. The summed E-state index contributed by atoms with van der Waals surface area (Å²) in [4.78, 5) is 0. The smallest absolute Gasteiger partial charge is 0.0548 e. The lowest BCUT2D eigenvalue weighted by Gasteiger charge is -2.19. The van der Waals surface area contributed by atoms with Gasteiger partial charge in [-0.15, -0.1) is 0 Å². The summed E-state index contributed by atoms with van der Waals surface area (Å²) in [5, 5.41) is 7.48. The number of aromatic nitrogens is 3. The minimum atomic E-state index is 0.121. The van der Waals surface area contributed by atoms with E-state index in [4.69, 9.17) is 0 Å². The normalized spacial score (nSPS) is 12.3. The van der Waals surface area contributed by atoms with Crippen molar-refractivity contribution in [2.24, 2.45) is 0 Å². The van der Waals surface area contributed by atoms with E-state index in [1.54, 1.807) is 0 Å². The molecule has 0 radical (unpaired) electrons. The van der Waals surface area contributed by atoms with E-state index >= 15 is 0 Å². The maximum absolute atomic E-state index is 2.46. The van der Waals surface area contributed by atoms with Crippen molar-refractivity contribution in [3.05, 3.63) is 188 Å². The van der Waals surface area contributed by atoms with Gasteiger partial charge >= 0.3 is 0 Å². The molecule has 11 aromatic rings. The number of fused-ring (bicyclic) bond motifs is 9. The van der Waals surface area contributed by atoms with E-state index in [9.17, 15) is 0 Å². The molecule has 0 aliphatic carbocycles. The van der Waals surface area contributed by atoms with Gasteiger partial charge in [-0.05, 0) is 94.9 Å². The van der Waals surface area contributed by atoms with Gasteiger partial charge in [0.15, 0.2) is 0 Å². The Bertz CT molecular complexity index is 3270. The minimum absolute atomic E-state index is 0.121. The van der Waals surface area contributed by atoms with E-state index in [0.29, 0.717) is 0 Å². The molecular formula is C52H39N3. The molecule has 3 aromatic heterocycles. The van der Waals surface area contributed by atoms with Crippen LogP contribution in [0.25, 0.3) is 93.6 Å². The molecule has 0 N–H and O–H groups in total. The van der Waals surface area contributed by atoms with Crippen LogP contribution in [0.4, 0.5) is 0 Å². The second-order valence-corrected chi connectivity index (χ2v) is 15.9. The molecule has 262 valence electrons. The summed E-state index contributed by atoms with van der Waals surface area (Å²) in [6.45, 7) is 6.80. The Morgan fingerprint density at radius 2 is 0.745 bits per heavy atom. The highest BCUT2D eigenvalue weighted by Crippen LogP contribution is 2.41. The number of para-hydroxylation sites is 4. The van der Waals surface area contributed by atoms with E-state index in [1.807, 2.05) is 0 Å². The molecule has 3 nitrogen and oxygen atoms in total. The monoisotopic (exact) mass is 705 g/mol. The van der Waals surface area contributed by atoms with Crippen molar-refractivity contribution in [3.8, 4) is 28.2 Å². The van der Waals surface area contributed by atoms with Gasteiger partial charge in [-0.1, -0.05) is 130 Å². The van der Waals surface area contributed by atoms with Gasteiger partial charge in [0.25, 0.3) is 0 Å². The molecule has 55 heavy (non-hydrogen) atoms. The summed E-state index contributed by atoms with van der Waals surface area (Å²) in [5.74, 6) is 0. The Morgan fingerprint density at radius 1 is 0.291 bits per heavy atom. The fourth-order valence-electron chi connectivity index (χ4n) is 8.93. The van der Waals surface area contributed by atoms with Crippen LogP contribution in [0.1, 0.15) is 26.3 Å². The molecule has 0 saturated carbocycles. The van der Waals surface area contributed by atoms with E-state index in [2.05, 4.69) is 216 Å². The summed E-state index contributed by atoms with van der Waals surface area (Å²) in [7, 11) is 0. The molecule has 3 heteroatoms. The van der Waals surface area contributed by atoms with Gasteiger partial charge in [0.2, 0.25) is 0 Å². The summed E-state index contributed by atoms with van der Waals surface area (Å²) < 4.78 is 7.30. The third kappa shape index (κ3) is 4.83. The van der Waals surface area contributed by atoms with Crippen molar-refractivity contribution in [2.45, 2.75) is 26.2 Å². The van der Waals surface area contributed by atoms with Gasteiger partial charge in [0.05, 0.1) is 33.1 Å². The minimum Gasteiger partial charge on any atom is -0.309 e. The van der Waals surface area contributed by atoms with Crippen LogP contribution < -0.4 is 0 Å². The molecule has 0 unspecified atom stereocenters. The Kier molecular flexibility index (Phi) is 6.81. The molecule has 0 spiro atoms. The van der Waals surface area contributed by atoms with Crippen LogP contribution >= 0.6 is 0 Å². The van der Waals surface area contributed by atoms with Crippen molar-refractivity contribution in [2.75, 3.05) is 0 Å². The molecule has 0 atom stereocenters. The largest absolute Gasteiger partial charge is 0.309 e. The predicted octanol–water partition coefficient (Wildman–Crippen LogP) is 13.9. The third-order valence-electron chi connectivity index (χ3n) is 11.6.